The molecule has 1 amide bonds. The third-order valence-electron chi connectivity index (χ3n) is 4.32. The van der Waals surface area contributed by atoms with Crippen LogP contribution >= 0.6 is 11.3 Å². The molecule has 6 heteroatoms. The van der Waals surface area contributed by atoms with Gasteiger partial charge in [0.1, 0.15) is 5.82 Å². The average Bonchev–Trinajstić information content (AvgIpc) is 3.10. The highest BCUT2D eigenvalue weighted by Gasteiger charge is 2.26. The number of thiazole rings is 1. The summed E-state index contributed by atoms with van der Waals surface area (Å²) in [5.41, 5.74) is 1.80. The van der Waals surface area contributed by atoms with Crippen LogP contribution in [0.3, 0.4) is 0 Å². The van der Waals surface area contributed by atoms with E-state index in [0.29, 0.717) is 0 Å². The van der Waals surface area contributed by atoms with Crippen LogP contribution in [-0.2, 0) is 4.79 Å². The molecule has 0 radical (unpaired) electrons. The maximum atomic E-state index is 13.0. The molecule has 1 N–H and O–H groups in total. The molecule has 24 heavy (non-hydrogen) atoms. The summed E-state index contributed by atoms with van der Waals surface area (Å²) in [6, 6.07) is 6.40. The monoisotopic (exact) mass is 347 g/mol. The SMILES string of the molecule is CCCNC(=O)C1CCN(c2nc(-c3ccc(F)cc3)cs2)CC1. The Hall–Kier alpha value is -1.95. The number of anilines is 1. The zero-order chi connectivity index (χ0) is 16.9. The minimum atomic E-state index is -0.238. The molecule has 1 saturated heterocycles. The maximum absolute atomic E-state index is 13.0. The van der Waals surface area contributed by atoms with Crippen LogP contribution in [0.5, 0.6) is 0 Å². The van der Waals surface area contributed by atoms with Gasteiger partial charge in [0, 0.05) is 36.5 Å². The number of nitrogens with one attached hydrogen (secondary N) is 1. The molecule has 2 heterocycles. The topological polar surface area (TPSA) is 45.2 Å². The molecule has 1 aliphatic heterocycles. The largest absolute Gasteiger partial charge is 0.356 e. The zero-order valence-electron chi connectivity index (χ0n) is 13.8. The van der Waals surface area contributed by atoms with Gasteiger partial charge in [0.15, 0.2) is 5.13 Å². The van der Waals surface area contributed by atoms with E-state index in [9.17, 15) is 9.18 Å². The smallest absolute Gasteiger partial charge is 0.223 e. The Morgan fingerprint density at radius 3 is 2.71 bits per heavy atom. The Labute approximate surface area is 145 Å². The molecule has 3 rings (SSSR count). The van der Waals surface area contributed by atoms with Crippen LogP contribution in [0, 0.1) is 11.7 Å². The summed E-state index contributed by atoms with van der Waals surface area (Å²) in [6.07, 6.45) is 2.69. The number of carbonyl (C=O) groups excluding carboxylic acids is 1. The van der Waals surface area contributed by atoms with Gasteiger partial charge in [-0.2, -0.15) is 0 Å². The molecule has 1 fully saturated rings. The predicted molar refractivity (Wildman–Crippen MR) is 95.7 cm³/mol. The molecule has 128 valence electrons. The number of piperidine rings is 1. The van der Waals surface area contributed by atoms with E-state index < -0.39 is 0 Å². The molecular formula is C18H22FN3OS. The van der Waals surface area contributed by atoms with Gasteiger partial charge in [-0.15, -0.1) is 11.3 Å². The molecule has 1 aromatic carbocycles. The van der Waals surface area contributed by atoms with Crippen molar-refractivity contribution in [1.29, 1.82) is 0 Å². The van der Waals surface area contributed by atoms with Crippen molar-refractivity contribution in [3.05, 3.63) is 35.5 Å². The van der Waals surface area contributed by atoms with Gasteiger partial charge in [-0.25, -0.2) is 9.37 Å². The second-order valence-electron chi connectivity index (χ2n) is 6.07. The number of nitrogens with zero attached hydrogens (tertiary/aromatic N) is 2. The molecule has 1 aliphatic rings. The van der Waals surface area contributed by atoms with Crippen LogP contribution in [0.2, 0.25) is 0 Å². The fraction of sp³-hybridized carbons (Fsp3) is 0.444. The lowest BCUT2D eigenvalue weighted by molar-refractivity contribution is -0.125. The number of carbonyl (C=O) groups is 1. The van der Waals surface area contributed by atoms with Crippen molar-refractivity contribution >= 4 is 22.4 Å². The summed E-state index contributed by atoms with van der Waals surface area (Å²) in [5.74, 6) is 0.0598. The van der Waals surface area contributed by atoms with Gasteiger partial charge in [-0.05, 0) is 43.5 Å². The van der Waals surface area contributed by atoms with Gasteiger partial charge in [-0.1, -0.05) is 6.92 Å². The number of benzene rings is 1. The van der Waals surface area contributed by atoms with Crippen molar-refractivity contribution in [1.82, 2.24) is 10.3 Å². The first-order valence-electron chi connectivity index (χ1n) is 8.41. The van der Waals surface area contributed by atoms with E-state index in [0.717, 1.165) is 55.3 Å². The van der Waals surface area contributed by atoms with E-state index in [4.69, 9.17) is 0 Å². The molecule has 2 aromatic rings. The minimum absolute atomic E-state index is 0.115. The van der Waals surface area contributed by atoms with Gasteiger partial charge >= 0.3 is 0 Å². The Balaban J connectivity index is 1.59. The van der Waals surface area contributed by atoms with Crippen molar-refractivity contribution in [2.24, 2.45) is 5.92 Å². The second-order valence-corrected chi connectivity index (χ2v) is 6.91. The highest BCUT2D eigenvalue weighted by Crippen LogP contribution is 2.30. The number of halogens is 1. The summed E-state index contributed by atoms with van der Waals surface area (Å²) in [7, 11) is 0. The van der Waals surface area contributed by atoms with Crippen molar-refractivity contribution in [2.75, 3.05) is 24.5 Å². The highest BCUT2D eigenvalue weighted by molar-refractivity contribution is 7.14. The van der Waals surface area contributed by atoms with Crippen LogP contribution in [0.1, 0.15) is 26.2 Å². The average molecular weight is 347 g/mol. The van der Waals surface area contributed by atoms with Crippen molar-refractivity contribution in [3.8, 4) is 11.3 Å². The lowest BCUT2D eigenvalue weighted by Crippen LogP contribution is -2.40. The van der Waals surface area contributed by atoms with E-state index in [-0.39, 0.29) is 17.6 Å². The summed E-state index contributed by atoms with van der Waals surface area (Å²) < 4.78 is 13.0. The van der Waals surface area contributed by atoms with Crippen LogP contribution in [0.4, 0.5) is 9.52 Å². The van der Waals surface area contributed by atoms with Gasteiger partial charge < -0.3 is 10.2 Å². The number of hydrogen-bond donors (Lipinski definition) is 1. The molecule has 4 nitrogen and oxygen atoms in total. The van der Waals surface area contributed by atoms with Crippen LogP contribution in [0.15, 0.2) is 29.6 Å². The third kappa shape index (κ3) is 3.93. The third-order valence-corrected chi connectivity index (χ3v) is 5.22. The number of aromatic nitrogens is 1. The molecule has 0 aliphatic carbocycles. The minimum Gasteiger partial charge on any atom is -0.356 e. The van der Waals surface area contributed by atoms with Gasteiger partial charge in [0.2, 0.25) is 5.91 Å². The Morgan fingerprint density at radius 2 is 2.04 bits per heavy atom. The van der Waals surface area contributed by atoms with E-state index in [1.54, 1.807) is 23.5 Å². The van der Waals surface area contributed by atoms with Crippen molar-refractivity contribution in [2.45, 2.75) is 26.2 Å². The summed E-state index contributed by atoms with van der Waals surface area (Å²) >= 11 is 1.60. The summed E-state index contributed by atoms with van der Waals surface area (Å²) in [5, 5.41) is 5.96. The van der Waals surface area contributed by atoms with Gasteiger partial charge in [-0.3, -0.25) is 4.79 Å². The van der Waals surface area contributed by atoms with Gasteiger partial charge in [0.25, 0.3) is 0 Å². The van der Waals surface area contributed by atoms with Crippen LogP contribution < -0.4 is 10.2 Å². The Morgan fingerprint density at radius 1 is 1.33 bits per heavy atom. The van der Waals surface area contributed by atoms with Gasteiger partial charge in [0.05, 0.1) is 5.69 Å². The standard InChI is InChI=1S/C18H22FN3OS/c1-2-9-20-17(23)14-7-10-22(11-8-14)18-21-16(12-24-18)13-3-5-15(19)6-4-13/h3-6,12,14H,2,7-11H2,1H3,(H,20,23). The normalized spacial score (nSPS) is 15.5. The van der Waals surface area contributed by atoms with E-state index in [1.807, 2.05) is 5.38 Å². The molecule has 1 aromatic heterocycles. The fourth-order valence-electron chi connectivity index (χ4n) is 2.89. The lowest BCUT2D eigenvalue weighted by atomic mass is 9.96. The zero-order valence-corrected chi connectivity index (χ0v) is 14.6. The number of rotatable bonds is 5. The van der Waals surface area contributed by atoms with Crippen molar-refractivity contribution in [3.63, 3.8) is 0 Å². The Kier molecular flexibility index (Phi) is 5.45. The first kappa shape index (κ1) is 16.9. The molecule has 0 atom stereocenters. The summed E-state index contributed by atoms with van der Waals surface area (Å²) in [4.78, 5) is 19.0. The van der Waals surface area contributed by atoms with E-state index in [1.165, 1.54) is 12.1 Å². The predicted octanol–water partition coefficient (Wildman–Crippen LogP) is 3.69. The van der Waals surface area contributed by atoms with E-state index in [2.05, 4.69) is 22.1 Å². The second kappa shape index (κ2) is 7.75. The molecule has 0 spiro atoms. The summed E-state index contributed by atoms with van der Waals surface area (Å²) in [6.45, 7) is 4.51. The van der Waals surface area contributed by atoms with Crippen LogP contribution in [-0.4, -0.2) is 30.5 Å². The maximum Gasteiger partial charge on any atom is 0.223 e. The first-order chi connectivity index (χ1) is 11.7. The quantitative estimate of drug-likeness (QED) is 0.897. The van der Waals surface area contributed by atoms with Crippen LogP contribution in [0.25, 0.3) is 11.3 Å². The highest BCUT2D eigenvalue weighted by atomic mass is 32.1. The molecule has 0 unspecified atom stereocenters. The van der Waals surface area contributed by atoms with Crippen molar-refractivity contribution < 1.29 is 9.18 Å². The number of hydrogen-bond acceptors (Lipinski definition) is 4. The fourth-order valence-corrected chi connectivity index (χ4v) is 3.78. The number of amides is 1. The molecule has 0 bridgehead atoms. The Bertz CT molecular complexity index is 678. The molecular weight excluding hydrogens is 325 g/mol. The molecule has 0 saturated carbocycles. The lowest BCUT2D eigenvalue weighted by Gasteiger charge is -2.31. The van der Waals surface area contributed by atoms with E-state index >= 15 is 0 Å². The first-order valence-corrected chi connectivity index (χ1v) is 9.29.